The first-order chi connectivity index (χ1) is 7.79. The van der Waals surface area contributed by atoms with E-state index in [4.69, 9.17) is 10.8 Å². The molecule has 1 rings (SSSR count). The minimum atomic E-state index is -3.04. The number of nitrogen functional groups attached to an aromatic ring is 1. The summed E-state index contributed by atoms with van der Waals surface area (Å²) in [6.07, 6.45) is 1.14. The SMILES string of the molecule is CS(=O)(=O)CCSc1nc(C(=O)O)ccc1N. The van der Waals surface area contributed by atoms with Crippen LogP contribution in [-0.4, -0.2) is 42.2 Å². The Kier molecular flexibility index (Phi) is 4.35. The molecule has 0 saturated heterocycles. The Morgan fingerprint density at radius 2 is 2.18 bits per heavy atom. The molecular formula is C9H12N2O4S2. The second-order valence-electron chi connectivity index (χ2n) is 3.37. The summed E-state index contributed by atoms with van der Waals surface area (Å²) in [5.41, 5.74) is 5.84. The van der Waals surface area contributed by atoms with Gasteiger partial charge in [0.15, 0.2) is 0 Å². The van der Waals surface area contributed by atoms with Crippen molar-refractivity contribution in [3.8, 4) is 0 Å². The lowest BCUT2D eigenvalue weighted by Crippen LogP contribution is -2.07. The van der Waals surface area contributed by atoms with Crippen molar-refractivity contribution in [2.45, 2.75) is 5.03 Å². The molecule has 1 aromatic heterocycles. The van der Waals surface area contributed by atoms with Gasteiger partial charge >= 0.3 is 5.97 Å². The molecule has 0 amide bonds. The number of carbonyl (C=O) groups is 1. The van der Waals surface area contributed by atoms with E-state index in [1.807, 2.05) is 0 Å². The molecule has 1 aromatic rings. The lowest BCUT2D eigenvalue weighted by atomic mass is 10.3. The predicted molar refractivity (Wildman–Crippen MR) is 66.0 cm³/mol. The summed E-state index contributed by atoms with van der Waals surface area (Å²) in [5, 5.41) is 9.09. The van der Waals surface area contributed by atoms with Crippen LogP contribution >= 0.6 is 11.8 Å². The fraction of sp³-hybridized carbons (Fsp3) is 0.333. The Labute approximate surface area is 103 Å². The number of sulfone groups is 1. The van der Waals surface area contributed by atoms with Gasteiger partial charge in [-0.05, 0) is 12.1 Å². The van der Waals surface area contributed by atoms with Crippen LogP contribution < -0.4 is 5.73 Å². The van der Waals surface area contributed by atoms with Crippen molar-refractivity contribution in [2.24, 2.45) is 0 Å². The summed E-state index contributed by atoms with van der Waals surface area (Å²) in [4.78, 5) is 14.5. The molecular weight excluding hydrogens is 264 g/mol. The Morgan fingerprint density at radius 3 is 2.71 bits per heavy atom. The zero-order chi connectivity index (χ0) is 13.1. The number of hydrogen-bond donors (Lipinski definition) is 2. The highest BCUT2D eigenvalue weighted by Crippen LogP contribution is 2.23. The second-order valence-corrected chi connectivity index (χ2v) is 6.72. The van der Waals surface area contributed by atoms with E-state index in [0.29, 0.717) is 16.5 Å². The van der Waals surface area contributed by atoms with Crippen LogP contribution in [0.15, 0.2) is 17.2 Å². The summed E-state index contributed by atoms with van der Waals surface area (Å²) >= 11 is 1.13. The fourth-order valence-corrected chi connectivity index (χ4v) is 3.11. The molecule has 0 aliphatic heterocycles. The van der Waals surface area contributed by atoms with Crippen LogP contribution in [-0.2, 0) is 9.84 Å². The molecule has 0 atom stereocenters. The molecule has 6 nitrogen and oxygen atoms in total. The monoisotopic (exact) mass is 276 g/mol. The third-order valence-electron chi connectivity index (χ3n) is 1.80. The zero-order valence-corrected chi connectivity index (χ0v) is 10.7. The summed E-state index contributed by atoms with van der Waals surface area (Å²) in [5.74, 6) is -0.857. The van der Waals surface area contributed by atoms with E-state index in [1.54, 1.807) is 0 Å². The number of rotatable bonds is 5. The van der Waals surface area contributed by atoms with Gasteiger partial charge < -0.3 is 10.8 Å². The molecule has 0 aromatic carbocycles. The van der Waals surface area contributed by atoms with E-state index >= 15 is 0 Å². The van der Waals surface area contributed by atoms with Gasteiger partial charge in [0, 0.05) is 12.0 Å². The average molecular weight is 276 g/mol. The van der Waals surface area contributed by atoms with Gasteiger partial charge in [-0.25, -0.2) is 18.2 Å². The normalized spacial score (nSPS) is 11.4. The molecule has 17 heavy (non-hydrogen) atoms. The Morgan fingerprint density at radius 1 is 1.53 bits per heavy atom. The Balaban J connectivity index is 2.76. The Bertz CT molecular complexity index is 528. The maximum Gasteiger partial charge on any atom is 0.354 e. The summed E-state index contributed by atoms with van der Waals surface area (Å²) in [6, 6.07) is 2.75. The number of carboxylic acid groups (broad SMARTS) is 1. The average Bonchev–Trinajstić information content (AvgIpc) is 2.18. The number of hydrogen-bond acceptors (Lipinski definition) is 6. The number of aromatic carboxylic acids is 1. The first-order valence-corrected chi connectivity index (χ1v) is 7.64. The maximum absolute atomic E-state index is 10.9. The van der Waals surface area contributed by atoms with Crippen molar-refractivity contribution in [2.75, 3.05) is 23.5 Å². The van der Waals surface area contributed by atoms with Gasteiger partial charge in [-0.2, -0.15) is 0 Å². The quantitative estimate of drug-likeness (QED) is 0.753. The molecule has 0 fully saturated rings. The molecule has 0 spiro atoms. The minimum absolute atomic E-state index is 0.00388. The molecule has 8 heteroatoms. The molecule has 0 aliphatic rings. The molecule has 0 saturated carbocycles. The minimum Gasteiger partial charge on any atom is -0.477 e. The van der Waals surface area contributed by atoms with Gasteiger partial charge in [0.25, 0.3) is 0 Å². The van der Waals surface area contributed by atoms with Crippen molar-refractivity contribution in [3.05, 3.63) is 17.8 Å². The van der Waals surface area contributed by atoms with Crippen LogP contribution in [0.4, 0.5) is 5.69 Å². The highest BCUT2D eigenvalue weighted by Gasteiger charge is 2.10. The van der Waals surface area contributed by atoms with Gasteiger partial charge in [-0.1, -0.05) is 0 Å². The highest BCUT2D eigenvalue weighted by molar-refractivity contribution is 8.00. The second kappa shape index (κ2) is 5.37. The number of carboxylic acids is 1. The van der Waals surface area contributed by atoms with Gasteiger partial charge in [0.1, 0.15) is 20.6 Å². The van der Waals surface area contributed by atoms with Crippen molar-refractivity contribution in [1.82, 2.24) is 4.98 Å². The van der Waals surface area contributed by atoms with Crippen LogP contribution in [0, 0.1) is 0 Å². The van der Waals surface area contributed by atoms with E-state index in [1.165, 1.54) is 12.1 Å². The smallest absolute Gasteiger partial charge is 0.354 e. The van der Waals surface area contributed by atoms with Gasteiger partial charge in [-0.15, -0.1) is 11.8 Å². The van der Waals surface area contributed by atoms with Crippen LogP contribution in [0.3, 0.4) is 0 Å². The molecule has 94 valence electrons. The van der Waals surface area contributed by atoms with E-state index in [2.05, 4.69) is 4.98 Å². The fourth-order valence-electron chi connectivity index (χ4n) is 0.976. The molecule has 1 heterocycles. The number of thioether (sulfide) groups is 1. The van der Waals surface area contributed by atoms with Crippen LogP contribution in [0.2, 0.25) is 0 Å². The van der Waals surface area contributed by atoms with E-state index in [9.17, 15) is 13.2 Å². The first kappa shape index (κ1) is 13.8. The molecule has 3 N–H and O–H groups in total. The van der Waals surface area contributed by atoms with Crippen LogP contribution in [0.1, 0.15) is 10.5 Å². The van der Waals surface area contributed by atoms with Crippen molar-refractivity contribution >= 4 is 33.3 Å². The topological polar surface area (TPSA) is 110 Å². The van der Waals surface area contributed by atoms with Gasteiger partial charge in [0.05, 0.1) is 11.4 Å². The molecule has 0 aliphatic carbocycles. The van der Waals surface area contributed by atoms with Crippen LogP contribution in [0.25, 0.3) is 0 Å². The third kappa shape index (κ3) is 4.61. The first-order valence-electron chi connectivity index (χ1n) is 4.60. The van der Waals surface area contributed by atoms with E-state index in [-0.39, 0.29) is 11.4 Å². The van der Waals surface area contributed by atoms with Crippen molar-refractivity contribution in [1.29, 1.82) is 0 Å². The van der Waals surface area contributed by atoms with E-state index < -0.39 is 15.8 Å². The summed E-state index contributed by atoms with van der Waals surface area (Å²) in [6.45, 7) is 0. The molecule has 0 unspecified atom stereocenters. The number of aromatic nitrogens is 1. The number of pyridine rings is 1. The third-order valence-corrected chi connectivity index (χ3v) is 4.01. The number of nitrogens with zero attached hydrogens (tertiary/aromatic N) is 1. The standard InChI is InChI=1S/C9H12N2O4S2/c1-17(14,15)5-4-16-8-6(10)2-3-7(11-8)9(12)13/h2-3H,4-5,10H2,1H3,(H,12,13). The highest BCUT2D eigenvalue weighted by atomic mass is 32.2. The number of nitrogens with two attached hydrogens (primary N) is 1. The predicted octanol–water partition coefficient (Wildman–Crippen LogP) is 0.499. The van der Waals surface area contributed by atoms with Crippen molar-refractivity contribution < 1.29 is 18.3 Å². The Hall–Kier alpha value is -1.28. The lowest BCUT2D eigenvalue weighted by Gasteiger charge is -2.04. The summed E-state index contributed by atoms with van der Waals surface area (Å²) < 4.78 is 21.8. The largest absolute Gasteiger partial charge is 0.477 e. The summed E-state index contributed by atoms with van der Waals surface area (Å²) in [7, 11) is -3.04. The maximum atomic E-state index is 10.9. The molecule has 0 radical (unpaired) electrons. The molecule has 0 bridgehead atoms. The zero-order valence-electron chi connectivity index (χ0n) is 9.08. The lowest BCUT2D eigenvalue weighted by molar-refractivity contribution is 0.0690. The van der Waals surface area contributed by atoms with E-state index in [0.717, 1.165) is 18.0 Å². The number of anilines is 1. The van der Waals surface area contributed by atoms with Gasteiger partial charge in [0.2, 0.25) is 0 Å². The van der Waals surface area contributed by atoms with Gasteiger partial charge in [-0.3, -0.25) is 0 Å². The van der Waals surface area contributed by atoms with Crippen LogP contribution in [0.5, 0.6) is 0 Å². The van der Waals surface area contributed by atoms with Crippen molar-refractivity contribution in [3.63, 3.8) is 0 Å².